The highest BCUT2D eigenvalue weighted by atomic mass is 35.5. The summed E-state index contributed by atoms with van der Waals surface area (Å²) in [7, 11) is 0. The van der Waals surface area contributed by atoms with E-state index in [0.29, 0.717) is 18.0 Å². The summed E-state index contributed by atoms with van der Waals surface area (Å²) in [5.41, 5.74) is 2.47. The number of rotatable bonds is 5. The van der Waals surface area contributed by atoms with Gasteiger partial charge < -0.3 is 10.2 Å². The van der Waals surface area contributed by atoms with Crippen LogP contribution in [0, 0.1) is 6.92 Å². The standard InChI is InChI=1S/C18H21ClN4O2/c1-4-23-11-14(12(2)21-23)10-20-17(24)18(3)9-16(22-25-18)13-6-5-7-15(19)8-13/h5-8,11H,4,9-10H2,1-3H3,(H,20,24). The van der Waals surface area contributed by atoms with Crippen molar-refractivity contribution in [1.82, 2.24) is 15.1 Å². The number of nitrogens with zero attached hydrogens (tertiary/aromatic N) is 3. The van der Waals surface area contributed by atoms with E-state index in [2.05, 4.69) is 15.6 Å². The predicted molar refractivity (Wildman–Crippen MR) is 96.6 cm³/mol. The largest absolute Gasteiger partial charge is 0.379 e. The lowest BCUT2D eigenvalue weighted by molar-refractivity contribution is -0.141. The molecule has 2 heterocycles. The van der Waals surface area contributed by atoms with Crippen LogP contribution in [-0.4, -0.2) is 27.0 Å². The van der Waals surface area contributed by atoms with Gasteiger partial charge in [-0.15, -0.1) is 0 Å². The molecule has 1 aliphatic heterocycles. The normalized spacial score (nSPS) is 19.4. The van der Waals surface area contributed by atoms with Crippen molar-refractivity contribution >= 4 is 23.2 Å². The van der Waals surface area contributed by atoms with Gasteiger partial charge in [0, 0.05) is 41.9 Å². The molecule has 3 rings (SSSR count). The molecule has 1 amide bonds. The first-order valence-corrected chi connectivity index (χ1v) is 8.61. The van der Waals surface area contributed by atoms with Gasteiger partial charge in [0.15, 0.2) is 0 Å². The number of halogens is 1. The molecule has 2 aromatic rings. The molecule has 1 aliphatic rings. The van der Waals surface area contributed by atoms with Crippen molar-refractivity contribution < 1.29 is 9.63 Å². The first-order valence-electron chi connectivity index (χ1n) is 8.23. The molecule has 25 heavy (non-hydrogen) atoms. The van der Waals surface area contributed by atoms with Gasteiger partial charge >= 0.3 is 0 Å². The second-order valence-corrected chi connectivity index (χ2v) is 6.76. The number of benzene rings is 1. The lowest BCUT2D eigenvalue weighted by Crippen LogP contribution is -2.44. The van der Waals surface area contributed by atoms with E-state index >= 15 is 0 Å². The van der Waals surface area contributed by atoms with E-state index in [0.717, 1.165) is 29.1 Å². The second-order valence-electron chi connectivity index (χ2n) is 6.33. The maximum Gasteiger partial charge on any atom is 0.267 e. The SMILES string of the molecule is CCn1cc(CNC(=O)C2(C)CC(c3cccc(Cl)c3)=NO2)c(C)n1. The van der Waals surface area contributed by atoms with Crippen LogP contribution in [0.15, 0.2) is 35.6 Å². The fraction of sp³-hybridized carbons (Fsp3) is 0.389. The molecule has 6 nitrogen and oxygen atoms in total. The van der Waals surface area contributed by atoms with Crippen LogP contribution in [-0.2, 0) is 22.7 Å². The number of amides is 1. The van der Waals surface area contributed by atoms with E-state index in [4.69, 9.17) is 16.4 Å². The summed E-state index contributed by atoms with van der Waals surface area (Å²) in [6.45, 7) is 6.91. The lowest BCUT2D eigenvalue weighted by atomic mass is 9.95. The monoisotopic (exact) mass is 360 g/mol. The van der Waals surface area contributed by atoms with Crippen molar-refractivity contribution in [3.63, 3.8) is 0 Å². The zero-order valence-corrected chi connectivity index (χ0v) is 15.3. The summed E-state index contributed by atoms with van der Waals surface area (Å²) in [4.78, 5) is 18.1. The first kappa shape index (κ1) is 17.5. The van der Waals surface area contributed by atoms with Crippen molar-refractivity contribution in [3.05, 3.63) is 52.3 Å². The fourth-order valence-electron chi connectivity index (χ4n) is 2.74. The Morgan fingerprint density at radius 3 is 2.96 bits per heavy atom. The number of oxime groups is 1. The molecule has 1 unspecified atom stereocenters. The molecule has 0 spiro atoms. The highest BCUT2D eigenvalue weighted by Crippen LogP contribution is 2.27. The van der Waals surface area contributed by atoms with Crippen LogP contribution in [0.4, 0.5) is 0 Å². The Hall–Kier alpha value is -2.34. The molecule has 0 saturated carbocycles. The Morgan fingerprint density at radius 2 is 2.28 bits per heavy atom. The Morgan fingerprint density at radius 1 is 1.48 bits per heavy atom. The summed E-state index contributed by atoms with van der Waals surface area (Å²) in [6, 6.07) is 7.37. The Balaban J connectivity index is 1.64. The van der Waals surface area contributed by atoms with Gasteiger partial charge in [0.05, 0.1) is 11.4 Å². The number of nitrogens with one attached hydrogen (secondary N) is 1. The second kappa shape index (κ2) is 6.88. The molecule has 0 saturated heterocycles. The summed E-state index contributed by atoms with van der Waals surface area (Å²) in [5, 5.41) is 12.0. The number of aryl methyl sites for hydroxylation is 2. The maximum atomic E-state index is 12.6. The van der Waals surface area contributed by atoms with E-state index in [1.807, 2.05) is 42.9 Å². The van der Waals surface area contributed by atoms with E-state index in [1.165, 1.54) is 0 Å². The highest BCUT2D eigenvalue weighted by molar-refractivity contribution is 6.31. The summed E-state index contributed by atoms with van der Waals surface area (Å²) >= 11 is 6.02. The van der Waals surface area contributed by atoms with Crippen LogP contribution < -0.4 is 5.32 Å². The molecule has 1 aromatic carbocycles. The van der Waals surface area contributed by atoms with Crippen LogP contribution in [0.1, 0.15) is 37.1 Å². The summed E-state index contributed by atoms with van der Waals surface area (Å²) in [5.74, 6) is -0.197. The van der Waals surface area contributed by atoms with Crippen molar-refractivity contribution in [1.29, 1.82) is 0 Å². The van der Waals surface area contributed by atoms with Gasteiger partial charge in [-0.05, 0) is 32.9 Å². The Bertz CT molecular complexity index is 830. The van der Waals surface area contributed by atoms with Gasteiger partial charge in [0.25, 0.3) is 5.91 Å². The zero-order chi connectivity index (χ0) is 18.0. The molecule has 0 radical (unpaired) electrons. The van der Waals surface area contributed by atoms with Gasteiger partial charge in [-0.1, -0.05) is 28.9 Å². The smallest absolute Gasteiger partial charge is 0.267 e. The number of hydrogen-bond acceptors (Lipinski definition) is 4. The molecule has 132 valence electrons. The average molecular weight is 361 g/mol. The van der Waals surface area contributed by atoms with Gasteiger partial charge in [-0.25, -0.2) is 0 Å². The third kappa shape index (κ3) is 3.69. The highest BCUT2D eigenvalue weighted by Gasteiger charge is 2.42. The number of hydrogen-bond donors (Lipinski definition) is 1. The van der Waals surface area contributed by atoms with E-state index in [-0.39, 0.29) is 5.91 Å². The maximum absolute atomic E-state index is 12.6. The van der Waals surface area contributed by atoms with Crippen molar-refractivity contribution in [3.8, 4) is 0 Å². The minimum Gasteiger partial charge on any atom is -0.379 e. The lowest BCUT2D eigenvalue weighted by Gasteiger charge is -2.20. The molecule has 0 fully saturated rings. The number of carbonyl (C=O) groups excluding carboxylic acids is 1. The van der Waals surface area contributed by atoms with Crippen molar-refractivity contribution in [2.75, 3.05) is 0 Å². The molecule has 1 atom stereocenters. The molecule has 7 heteroatoms. The van der Waals surface area contributed by atoms with Crippen LogP contribution in [0.3, 0.4) is 0 Å². The van der Waals surface area contributed by atoms with Gasteiger partial charge in [-0.3, -0.25) is 9.48 Å². The molecular formula is C18H21ClN4O2. The van der Waals surface area contributed by atoms with Gasteiger partial charge in [0.2, 0.25) is 5.60 Å². The predicted octanol–water partition coefficient (Wildman–Crippen LogP) is 3.06. The average Bonchev–Trinajstić information content (AvgIpc) is 3.16. The molecule has 0 bridgehead atoms. The Labute approximate surface area is 151 Å². The van der Waals surface area contributed by atoms with Crippen LogP contribution >= 0.6 is 11.6 Å². The zero-order valence-electron chi connectivity index (χ0n) is 14.5. The van der Waals surface area contributed by atoms with Gasteiger partial charge in [-0.2, -0.15) is 5.10 Å². The van der Waals surface area contributed by atoms with E-state index in [9.17, 15) is 4.79 Å². The molecule has 1 aromatic heterocycles. The summed E-state index contributed by atoms with van der Waals surface area (Å²) < 4.78 is 1.85. The number of aromatic nitrogens is 2. The van der Waals surface area contributed by atoms with Crippen molar-refractivity contribution in [2.24, 2.45) is 5.16 Å². The van der Waals surface area contributed by atoms with Crippen molar-refractivity contribution in [2.45, 2.75) is 45.9 Å². The van der Waals surface area contributed by atoms with E-state index < -0.39 is 5.60 Å². The minimum atomic E-state index is -1.02. The van der Waals surface area contributed by atoms with Crippen LogP contribution in [0.2, 0.25) is 5.02 Å². The van der Waals surface area contributed by atoms with Crippen LogP contribution in [0.25, 0.3) is 0 Å². The third-order valence-electron chi connectivity index (χ3n) is 4.31. The topological polar surface area (TPSA) is 68.5 Å². The molecule has 0 aliphatic carbocycles. The van der Waals surface area contributed by atoms with Gasteiger partial charge in [0.1, 0.15) is 0 Å². The third-order valence-corrected chi connectivity index (χ3v) is 4.55. The molecule has 1 N–H and O–H groups in total. The molecular weight excluding hydrogens is 340 g/mol. The van der Waals surface area contributed by atoms with E-state index in [1.54, 1.807) is 13.0 Å². The quantitative estimate of drug-likeness (QED) is 0.890. The Kier molecular flexibility index (Phi) is 4.81. The summed E-state index contributed by atoms with van der Waals surface area (Å²) in [6.07, 6.45) is 2.34. The fourth-order valence-corrected chi connectivity index (χ4v) is 2.93. The van der Waals surface area contributed by atoms with Crippen LogP contribution in [0.5, 0.6) is 0 Å². The first-order chi connectivity index (χ1) is 11.9. The number of carbonyl (C=O) groups is 1. The minimum absolute atomic E-state index is 0.197.